The van der Waals surface area contributed by atoms with Crippen molar-refractivity contribution in [2.45, 2.75) is 6.54 Å². The van der Waals surface area contributed by atoms with E-state index >= 15 is 0 Å². The van der Waals surface area contributed by atoms with Gasteiger partial charge in [0.05, 0.1) is 0 Å². The van der Waals surface area contributed by atoms with Gasteiger partial charge in [0.1, 0.15) is 17.2 Å². The predicted octanol–water partition coefficient (Wildman–Crippen LogP) is 3.90. The van der Waals surface area contributed by atoms with Crippen molar-refractivity contribution in [2.75, 3.05) is 7.05 Å². The van der Waals surface area contributed by atoms with E-state index in [2.05, 4.69) is 30.8 Å². The number of nitrogens with zero attached hydrogens (tertiary/aromatic N) is 6. The SMILES string of the molecule is CNCc1cccc(-c2noc(-c3nnn(-c4ccccc4F)c3-c3ccncc3)n2)c1. The molecule has 158 valence electrons. The summed E-state index contributed by atoms with van der Waals surface area (Å²) in [7, 11) is 1.89. The number of aromatic nitrogens is 6. The Balaban J connectivity index is 1.62. The summed E-state index contributed by atoms with van der Waals surface area (Å²) in [4.78, 5) is 8.61. The topological polar surface area (TPSA) is 94.6 Å². The smallest absolute Gasteiger partial charge is 0.281 e. The van der Waals surface area contributed by atoms with Crippen molar-refractivity contribution >= 4 is 0 Å². The maximum absolute atomic E-state index is 14.6. The molecule has 0 bridgehead atoms. The molecular weight excluding hydrogens is 409 g/mol. The minimum atomic E-state index is -0.424. The number of hydrogen-bond donors (Lipinski definition) is 1. The second-order valence-electron chi connectivity index (χ2n) is 7.04. The molecule has 0 fully saturated rings. The molecule has 0 saturated heterocycles. The van der Waals surface area contributed by atoms with Gasteiger partial charge in [-0.2, -0.15) is 4.98 Å². The number of para-hydroxylation sites is 1. The highest BCUT2D eigenvalue weighted by atomic mass is 19.1. The molecule has 32 heavy (non-hydrogen) atoms. The largest absolute Gasteiger partial charge is 0.332 e. The Kier molecular flexibility index (Phi) is 5.22. The number of hydrogen-bond acceptors (Lipinski definition) is 7. The number of nitrogens with one attached hydrogen (secondary N) is 1. The van der Waals surface area contributed by atoms with E-state index in [1.807, 2.05) is 31.3 Å². The van der Waals surface area contributed by atoms with Crippen molar-refractivity contribution in [3.63, 3.8) is 0 Å². The predicted molar refractivity (Wildman–Crippen MR) is 116 cm³/mol. The fourth-order valence-electron chi connectivity index (χ4n) is 3.45. The van der Waals surface area contributed by atoms with E-state index in [1.54, 1.807) is 42.7 Å². The van der Waals surface area contributed by atoms with Crippen molar-refractivity contribution in [2.24, 2.45) is 0 Å². The van der Waals surface area contributed by atoms with Gasteiger partial charge in [0.25, 0.3) is 5.89 Å². The Morgan fingerprint density at radius 1 is 1.00 bits per heavy atom. The third-order valence-corrected chi connectivity index (χ3v) is 4.90. The van der Waals surface area contributed by atoms with E-state index in [-0.39, 0.29) is 11.6 Å². The minimum Gasteiger partial charge on any atom is -0.332 e. The van der Waals surface area contributed by atoms with Crippen LogP contribution in [0.4, 0.5) is 4.39 Å². The number of benzene rings is 2. The molecular formula is C23H18FN7O. The van der Waals surface area contributed by atoms with Gasteiger partial charge in [-0.3, -0.25) is 4.98 Å². The van der Waals surface area contributed by atoms with Gasteiger partial charge >= 0.3 is 0 Å². The third kappa shape index (κ3) is 3.65. The van der Waals surface area contributed by atoms with Gasteiger partial charge in [-0.25, -0.2) is 9.07 Å². The van der Waals surface area contributed by atoms with Crippen molar-refractivity contribution in [1.29, 1.82) is 0 Å². The average molecular weight is 427 g/mol. The summed E-state index contributed by atoms with van der Waals surface area (Å²) in [5.41, 5.74) is 3.79. The van der Waals surface area contributed by atoms with Crippen LogP contribution in [-0.2, 0) is 6.54 Å². The van der Waals surface area contributed by atoms with Crippen LogP contribution in [0.1, 0.15) is 5.56 Å². The standard InChI is InChI=1S/C23H18FN7O/c1-25-14-15-5-4-6-17(13-15)22-27-23(32-29-22)20-21(16-9-11-26-12-10-16)31(30-28-20)19-8-3-2-7-18(19)24/h2-13,25H,14H2,1H3. The van der Waals surface area contributed by atoms with Crippen LogP contribution in [0.5, 0.6) is 0 Å². The molecule has 1 N–H and O–H groups in total. The summed E-state index contributed by atoms with van der Waals surface area (Å²) < 4.78 is 21.5. The Hall–Kier alpha value is -4.24. The lowest BCUT2D eigenvalue weighted by atomic mass is 10.1. The second-order valence-corrected chi connectivity index (χ2v) is 7.04. The molecule has 0 unspecified atom stereocenters. The number of pyridine rings is 1. The summed E-state index contributed by atoms with van der Waals surface area (Å²) in [5, 5.41) is 15.7. The molecule has 0 spiro atoms. The Morgan fingerprint density at radius 2 is 1.84 bits per heavy atom. The van der Waals surface area contributed by atoms with Crippen LogP contribution in [0.15, 0.2) is 77.6 Å². The highest BCUT2D eigenvalue weighted by Gasteiger charge is 2.24. The first-order valence-electron chi connectivity index (χ1n) is 9.93. The molecule has 3 aromatic heterocycles. The van der Waals surface area contributed by atoms with Crippen molar-refractivity contribution in [3.05, 3.63) is 84.4 Å². The second kappa shape index (κ2) is 8.48. The number of halogens is 1. The molecule has 3 heterocycles. The zero-order valence-electron chi connectivity index (χ0n) is 17.1. The van der Waals surface area contributed by atoms with E-state index in [4.69, 9.17) is 4.52 Å². The Bertz CT molecular complexity index is 1360. The summed E-state index contributed by atoms with van der Waals surface area (Å²) in [6.07, 6.45) is 3.29. The first-order valence-corrected chi connectivity index (χ1v) is 9.93. The molecule has 9 heteroatoms. The molecule has 0 radical (unpaired) electrons. The zero-order chi connectivity index (χ0) is 21.9. The summed E-state index contributed by atoms with van der Waals surface area (Å²) in [6, 6.07) is 17.8. The highest BCUT2D eigenvalue weighted by Crippen LogP contribution is 2.32. The first-order chi connectivity index (χ1) is 15.7. The molecule has 0 aliphatic heterocycles. The molecule has 2 aromatic carbocycles. The minimum absolute atomic E-state index is 0.188. The Labute approximate surface area is 182 Å². The van der Waals surface area contributed by atoms with Crippen molar-refractivity contribution in [3.8, 4) is 39.9 Å². The lowest BCUT2D eigenvalue weighted by Gasteiger charge is -2.08. The van der Waals surface area contributed by atoms with E-state index in [9.17, 15) is 4.39 Å². The monoisotopic (exact) mass is 427 g/mol. The van der Waals surface area contributed by atoms with Crippen LogP contribution in [0.3, 0.4) is 0 Å². The number of rotatable bonds is 6. The summed E-state index contributed by atoms with van der Waals surface area (Å²) in [6.45, 7) is 0.724. The van der Waals surface area contributed by atoms with Gasteiger partial charge in [0.15, 0.2) is 5.69 Å². The molecule has 0 atom stereocenters. The molecule has 0 aliphatic rings. The van der Waals surface area contributed by atoms with Crippen LogP contribution in [0, 0.1) is 5.82 Å². The van der Waals surface area contributed by atoms with E-state index < -0.39 is 5.82 Å². The van der Waals surface area contributed by atoms with Gasteiger partial charge < -0.3 is 9.84 Å². The normalized spacial score (nSPS) is 11.1. The fourth-order valence-corrected chi connectivity index (χ4v) is 3.45. The Morgan fingerprint density at radius 3 is 2.66 bits per heavy atom. The van der Waals surface area contributed by atoms with Gasteiger partial charge in [0, 0.05) is 30.1 Å². The molecule has 5 rings (SSSR count). The lowest BCUT2D eigenvalue weighted by Crippen LogP contribution is -2.04. The van der Waals surface area contributed by atoms with Crippen LogP contribution >= 0.6 is 0 Å². The van der Waals surface area contributed by atoms with Crippen molar-refractivity contribution < 1.29 is 8.91 Å². The highest BCUT2D eigenvalue weighted by molar-refractivity contribution is 5.76. The third-order valence-electron chi connectivity index (χ3n) is 4.90. The maximum atomic E-state index is 14.6. The summed E-state index contributed by atoms with van der Waals surface area (Å²) in [5.74, 6) is 0.194. The quantitative estimate of drug-likeness (QED) is 0.439. The van der Waals surface area contributed by atoms with Gasteiger partial charge in [-0.15, -0.1) is 5.10 Å². The van der Waals surface area contributed by atoms with Crippen molar-refractivity contribution in [1.82, 2.24) is 35.4 Å². The molecule has 0 aliphatic carbocycles. The van der Waals surface area contributed by atoms with Gasteiger partial charge in [-0.1, -0.05) is 40.7 Å². The first kappa shape index (κ1) is 19.7. The van der Waals surface area contributed by atoms with Crippen LogP contribution in [0.25, 0.3) is 39.9 Å². The van der Waals surface area contributed by atoms with Crippen LogP contribution < -0.4 is 5.32 Å². The molecule has 5 aromatic rings. The fraction of sp³-hybridized carbons (Fsp3) is 0.0870. The maximum Gasteiger partial charge on any atom is 0.281 e. The van der Waals surface area contributed by atoms with E-state index in [0.717, 1.165) is 23.2 Å². The van der Waals surface area contributed by atoms with Crippen LogP contribution in [0.2, 0.25) is 0 Å². The molecule has 0 amide bonds. The van der Waals surface area contributed by atoms with E-state index in [1.165, 1.54) is 10.7 Å². The molecule has 8 nitrogen and oxygen atoms in total. The van der Waals surface area contributed by atoms with E-state index in [0.29, 0.717) is 17.2 Å². The average Bonchev–Trinajstić information content (AvgIpc) is 3.48. The van der Waals surface area contributed by atoms with Crippen LogP contribution in [-0.4, -0.2) is 37.2 Å². The molecule has 0 saturated carbocycles. The van der Waals surface area contributed by atoms with Gasteiger partial charge in [0.2, 0.25) is 5.82 Å². The lowest BCUT2D eigenvalue weighted by molar-refractivity contribution is 0.431. The van der Waals surface area contributed by atoms with Gasteiger partial charge in [-0.05, 0) is 42.9 Å². The summed E-state index contributed by atoms with van der Waals surface area (Å²) >= 11 is 0. The zero-order valence-corrected chi connectivity index (χ0v) is 17.1.